The van der Waals surface area contributed by atoms with Crippen LogP contribution in [0.15, 0.2) is 24.3 Å². The first-order valence-corrected chi connectivity index (χ1v) is 9.46. The van der Waals surface area contributed by atoms with Gasteiger partial charge in [-0.1, -0.05) is 12.1 Å². The molecule has 3 saturated heterocycles. The summed E-state index contributed by atoms with van der Waals surface area (Å²) in [4.78, 5) is 14.4. The molecule has 3 fully saturated rings. The van der Waals surface area contributed by atoms with Crippen LogP contribution < -0.4 is 16.1 Å². The predicted octanol–water partition coefficient (Wildman–Crippen LogP) is 0.546. The first kappa shape index (κ1) is 20.5. The van der Waals surface area contributed by atoms with Gasteiger partial charge in [0.2, 0.25) is 5.91 Å². The van der Waals surface area contributed by atoms with E-state index in [0.717, 1.165) is 12.1 Å². The summed E-state index contributed by atoms with van der Waals surface area (Å²) in [7, 11) is 0. The molecule has 1 aromatic carbocycles. The van der Waals surface area contributed by atoms with Crippen molar-refractivity contribution >= 4 is 5.91 Å². The van der Waals surface area contributed by atoms with Crippen LogP contribution in [-0.2, 0) is 11.0 Å². The van der Waals surface area contributed by atoms with Crippen molar-refractivity contribution in [2.45, 2.75) is 43.8 Å². The first-order valence-electron chi connectivity index (χ1n) is 9.46. The highest BCUT2D eigenvalue weighted by atomic mass is 19.4. The zero-order chi connectivity index (χ0) is 20.9. The van der Waals surface area contributed by atoms with Crippen molar-refractivity contribution in [2.24, 2.45) is 5.92 Å². The summed E-state index contributed by atoms with van der Waals surface area (Å²) in [6, 6.07) is 3.92. The lowest BCUT2D eigenvalue weighted by molar-refractivity contribution is -0.138. The average Bonchev–Trinajstić information content (AvgIpc) is 3.03. The zero-order valence-electron chi connectivity index (χ0n) is 15.7. The van der Waals surface area contributed by atoms with Gasteiger partial charge in [-0.3, -0.25) is 15.0 Å². The van der Waals surface area contributed by atoms with Crippen LogP contribution in [-0.4, -0.2) is 65.3 Å². The van der Waals surface area contributed by atoms with Crippen LogP contribution in [0, 0.1) is 5.92 Å². The van der Waals surface area contributed by atoms with E-state index in [4.69, 9.17) is 0 Å². The van der Waals surface area contributed by atoms with Gasteiger partial charge < -0.3 is 10.4 Å². The molecule has 3 aliphatic rings. The molecule has 0 bridgehead atoms. The quantitative estimate of drug-likeness (QED) is 0.536. The van der Waals surface area contributed by atoms with Gasteiger partial charge in [-0.2, -0.15) is 13.2 Å². The Hall–Kier alpha value is -1.79. The molecule has 160 valence electrons. The molecule has 0 aromatic heterocycles. The SMILES string of the molecule is C[C@@H](c1ccc(C(F)(F)F)cc1)N1NC(CO)C2C(=O)NC(N3CC(F)C3)NC21. The second kappa shape index (κ2) is 7.47. The van der Waals surface area contributed by atoms with Gasteiger partial charge in [-0.05, 0) is 24.6 Å². The number of amides is 1. The molecule has 11 heteroatoms. The molecule has 4 rings (SSSR count). The molecule has 5 atom stereocenters. The van der Waals surface area contributed by atoms with Crippen LogP contribution in [0.2, 0.25) is 0 Å². The summed E-state index contributed by atoms with van der Waals surface area (Å²) in [6.07, 6.45) is -6.40. The van der Waals surface area contributed by atoms with Crippen molar-refractivity contribution in [3.63, 3.8) is 0 Å². The molecule has 1 amide bonds. The summed E-state index contributed by atoms with van der Waals surface area (Å²) < 4.78 is 51.7. The lowest BCUT2D eigenvalue weighted by Gasteiger charge is -2.47. The lowest BCUT2D eigenvalue weighted by Crippen LogP contribution is -2.73. The van der Waals surface area contributed by atoms with E-state index in [9.17, 15) is 27.5 Å². The molecular formula is C18H23F4N5O2. The Morgan fingerprint density at radius 2 is 1.90 bits per heavy atom. The number of nitrogens with zero attached hydrogens (tertiary/aromatic N) is 2. The number of hydrogen-bond donors (Lipinski definition) is 4. The molecule has 3 heterocycles. The van der Waals surface area contributed by atoms with Gasteiger partial charge in [0.25, 0.3) is 0 Å². The molecule has 1 aromatic rings. The number of rotatable bonds is 4. The smallest absolute Gasteiger partial charge is 0.395 e. The Kier molecular flexibility index (Phi) is 5.28. The van der Waals surface area contributed by atoms with Crippen LogP contribution in [0.25, 0.3) is 0 Å². The molecule has 4 unspecified atom stereocenters. The number of aliphatic hydroxyl groups excluding tert-OH is 1. The highest BCUT2D eigenvalue weighted by Crippen LogP contribution is 2.34. The van der Waals surface area contributed by atoms with Crippen molar-refractivity contribution in [1.29, 1.82) is 0 Å². The molecule has 29 heavy (non-hydrogen) atoms. The number of fused-ring (bicyclic) bond motifs is 1. The molecule has 0 spiro atoms. The largest absolute Gasteiger partial charge is 0.416 e. The maximum Gasteiger partial charge on any atom is 0.416 e. The fraction of sp³-hybridized carbons (Fsp3) is 0.611. The number of halogens is 4. The van der Waals surface area contributed by atoms with Crippen molar-refractivity contribution in [3.8, 4) is 0 Å². The van der Waals surface area contributed by atoms with E-state index in [2.05, 4.69) is 16.1 Å². The van der Waals surface area contributed by atoms with Crippen LogP contribution in [0.5, 0.6) is 0 Å². The number of alkyl halides is 4. The molecule has 0 radical (unpaired) electrons. The van der Waals surface area contributed by atoms with E-state index >= 15 is 0 Å². The van der Waals surface area contributed by atoms with Gasteiger partial charge >= 0.3 is 6.18 Å². The number of carbonyl (C=O) groups excluding carboxylic acids is 1. The molecule has 4 N–H and O–H groups in total. The summed E-state index contributed by atoms with van der Waals surface area (Å²) in [5, 5.41) is 17.5. The van der Waals surface area contributed by atoms with E-state index in [1.54, 1.807) is 16.8 Å². The van der Waals surface area contributed by atoms with Gasteiger partial charge in [0.05, 0.1) is 30.3 Å². The Balaban J connectivity index is 1.55. The standard InChI is InChI=1S/C18H23F4N5O2/c1-9(10-2-4-11(5-3-10)18(20,21)22)27-15-14(13(8-28)25-27)16(29)24-17(23-15)26-6-12(19)7-26/h2-5,9,12-15,17,23,25,28H,6-8H2,1H3,(H,24,29)/t9-,13?,14?,15?,17?/m0/s1. The van der Waals surface area contributed by atoms with Crippen LogP contribution in [0.1, 0.15) is 24.1 Å². The number of aliphatic hydroxyl groups is 1. The minimum absolute atomic E-state index is 0.209. The number of hydrazine groups is 1. The summed E-state index contributed by atoms with van der Waals surface area (Å²) >= 11 is 0. The Morgan fingerprint density at radius 1 is 1.24 bits per heavy atom. The third-order valence-electron chi connectivity index (χ3n) is 5.86. The van der Waals surface area contributed by atoms with Crippen LogP contribution in [0.4, 0.5) is 17.6 Å². The molecule has 7 nitrogen and oxygen atoms in total. The molecule has 3 aliphatic heterocycles. The van der Waals surface area contributed by atoms with E-state index in [0.29, 0.717) is 5.56 Å². The number of hydrogen-bond acceptors (Lipinski definition) is 6. The van der Waals surface area contributed by atoms with E-state index in [1.165, 1.54) is 12.1 Å². The fourth-order valence-corrected chi connectivity index (χ4v) is 4.17. The number of likely N-dealkylation sites (tertiary alicyclic amines) is 1. The van der Waals surface area contributed by atoms with Gasteiger partial charge in [0.1, 0.15) is 12.5 Å². The second-order valence-corrected chi connectivity index (χ2v) is 7.72. The Labute approximate surface area is 165 Å². The fourth-order valence-electron chi connectivity index (χ4n) is 4.17. The summed E-state index contributed by atoms with van der Waals surface area (Å²) in [5.74, 6) is -0.870. The van der Waals surface area contributed by atoms with Crippen molar-refractivity contribution in [3.05, 3.63) is 35.4 Å². The number of carbonyl (C=O) groups is 1. The van der Waals surface area contributed by atoms with Gasteiger partial charge in [0, 0.05) is 19.1 Å². The Morgan fingerprint density at radius 3 is 2.45 bits per heavy atom. The zero-order valence-corrected chi connectivity index (χ0v) is 15.7. The average molecular weight is 417 g/mol. The van der Waals surface area contributed by atoms with Crippen LogP contribution >= 0.6 is 0 Å². The van der Waals surface area contributed by atoms with E-state index < -0.39 is 42.3 Å². The first-order chi connectivity index (χ1) is 13.7. The number of nitrogens with one attached hydrogen (secondary N) is 3. The third kappa shape index (κ3) is 3.73. The highest BCUT2D eigenvalue weighted by Gasteiger charge is 2.52. The Bertz CT molecular complexity index is 756. The van der Waals surface area contributed by atoms with Crippen LogP contribution in [0.3, 0.4) is 0 Å². The van der Waals surface area contributed by atoms with E-state index in [1.807, 2.05) is 0 Å². The number of benzene rings is 1. The van der Waals surface area contributed by atoms with Crippen molar-refractivity contribution in [2.75, 3.05) is 19.7 Å². The topological polar surface area (TPSA) is 79.9 Å². The van der Waals surface area contributed by atoms with E-state index in [-0.39, 0.29) is 31.6 Å². The maximum atomic E-state index is 13.2. The van der Waals surface area contributed by atoms with Gasteiger partial charge in [-0.25, -0.2) is 14.8 Å². The van der Waals surface area contributed by atoms with Gasteiger partial charge in [0.15, 0.2) is 0 Å². The molecular weight excluding hydrogens is 394 g/mol. The predicted molar refractivity (Wildman–Crippen MR) is 94.5 cm³/mol. The minimum atomic E-state index is -4.41. The summed E-state index contributed by atoms with van der Waals surface area (Å²) in [6.45, 7) is 1.94. The third-order valence-corrected chi connectivity index (χ3v) is 5.86. The maximum absolute atomic E-state index is 13.2. The second-order valence-electron chi connectivity index (χ2n) is 7.72. The van der Waals surface area contributed by atoms with Crippen molar-refractivity contribution in [1.82, 2.24) is 26.0 Å². The minimum Gasteiger partial charge on any atom is -0.395 e. The highest BCUT2D eigenvalue weighted by molar-refractivity contribution is 5.81. The normalized spacial score (nSPS) is 32.6. The molecule has 0 aliphatic carbocycles. The van der Waals surface area contributed by atoms with Gasteiger partial charge in [-0.15, -0.1) is 0 Å². The summed E-state index contributed by atoms with van der Waals surface area (Å²) in [5.41, 5.74) is 3.00. The monoisotopic (exact) mass is 417 g/mol. The lowest BCUT2D eigenvalue weighted by atomic mass is 9.95. The molecule has 0 saturated carbocycles. The van der Waals surface area contributed by atoms with Crippen molar-refractivity contribution < 1.29 is 27.5 Å².